The second-order valence-electron chi connectivity index (χ2n) is 7.20. The minimum Gasteiger partial charge on any atom is -0.462 e. The van der Waals surface area contributed by atoms with Crippen molar-refractivity contribution in [3.05, 3.63) is 59.2 Å². The van der Waals surface area contributed by atoms with Crippen LogP contribution in [-0.2, 0) is 14.8 Å². The average Bonchev–Trinajstić information content (AvgIpc) is 2.76. The number of carbonyl (C=O) groups is 2. The maximum atomic E-state index is 12.9. The van der Waals surface area contributed by atoms with Gasteiger partial charge in [0.2, 0.25) is 10.0 Å². The Morgan fingerprint density at radius 3 is 2.43 bits per heavy atom. The first kappa shape index (κ1) is 22.0. The number of amides is 1. The van der Waals surface area contributed by atoms with Gasteiger partial charge in [0.05, 0.1) is 17.1 Å². The van der Waals surface area contributed by atoms with E-state index in [0.717, 1.165) is 19.3 Å². The lowest BCUT2D eigenvalue weighted by Crippen LogP contribution is -2.35. The van der Waals surface area contributed by atoms with E-state index in [-0.39, 0.29) is 17.1 Å². The largest absolute Gasteiger partial charge is 0.462 e. The van der Waals surface area contributed by atoms with Gasteiger partial charge in [-0.15, -0.1) is 0 Å². The summed E-state index contributed by atoms with van der Waals surface area (Å²) in [7, 11) is -3.62. The third kappa shape index (κ3) is 4.88. The number of piperidine rings is 1. The van der Waals surface area contributed by atoms with Crippen molar-refractivity contribution in [3.8, 4) is 0 Å². The van der Waals surface area contributed by atoms with Crippen LogP contribution < -0.4 is 5.32 Å². The first-order chi connectivity index (χ1) is 14.3. The zero-order valence-corrected chi connectivity index (χ0v) is 18.0. The minimum atomic E-state index is -3.62. The Morgan fingerprint density at radius 2 is 1.77 bits per heavy atom. The van der Waals surface area contributed by atoms with Gasteiger partial charge in [0.25, 0.3) is 5.91 Å². The van der Waals surface area contributed by atoms with Crippen molar-refractivity contribution in [1.29, 1.82) is 0 Å². The molecule has 1 saturated heterocycles. The van der Waals surface area contributed by atoms with E-state index in [4.69, 9.17) is 4.74 Å². The fourth-order valence-electron chi connectivity index (χ4n) is 3.39. The quantitative estimate of drug-likeness (QED) is 0.707. The molecule has 1 fully saturated rings. The first-order valence-electron chi connectivity index (χ1n) is 10.0. The Balaban J connectivity index is 1.78. The van der Waals surface area contributed by atoms with Gasteiger partial charge in [-0.2, -0.15) is 4.31 Å². The zero-order chi connectivity index (χ0) is 21.7. The molecule has 0 atom stereocenters. The number of anilines is 1. The summed E-state index contributed by atoms with van der Waals surface area (Å²) in [5.41, 5.74) is 1.90. The van der Waals surface area contributed by atoms with Crippen LogP contribution >= 0.6 is 0 Å². The SMILES string of the molecule is CCOC(=O)c1ccc(NC(=O)c2cccc(S(=O)(=O)N3CCCCC3)c2)c(C)c1. The number of aryl methyl sites for hydroxylation is 1. The number of nitrogens with one attached hydrogen (secondary N) is 1. The van der Waals surface area contributed by atoms with Crippen LogP contribution in [0.15, 0.2) is 47.4 Å². The molecule has 160 valence electrons. The summed E-state index contributed by atoms with van der Waals surface area (Å²) in [4.78, 5) is 24.7. The van der Waals surface area contributed by atoms with Gasteiger partial charge in [-0.05, 0) is 68.7 Å². The zero-order valence-electron chi connectivity index (χ0n) is 17.2. The van der Waals surface area contributed by atoms with E-state index in [1.807, 2.05) is 0 Å². The van der Waals surface area contributed by atoms with Crippen molar-refractivity contribution in [3.63, 3.8) is 0 Å². The molecule has 0 bridgehead atoms. The molecule has 2 aromatic carbocycles. The summed E-state index contributed by atoms with van der Waals surface area (Å²) in [6.07, 6.45) is 2.73. The molecule has 0 aromatic heterocycles. The minimum absolute atomic E-state index is 0.117. The topological polar surface area (TPSA) is 92.8 Å². The molecule has 2 aromatic rings. The van der Waals surface area contributed by atoms with Crippen LogP contribution in [0, 0.1) is 6.92 Å². The van der Waals surface area contributed by atoms with Crippen LogP contribution in [0.5, 0.6) is 0 Å². The number of nitrogens with zero attached hydrogens (tertiary/aromatic N) is 1. The molecule has 8 heteroatoms. The lowest BCUT2D eigenvalue weighted by atomic mass is 10.1. The second-order valence-corrected chi connectivity index (χ2v) is 9.13. The Labute approximate surface area is 177 Å². The van der Waals surface area contributed by atoms with Gasteiger partial charge in [-0.25, -0.2) is 13.2 Å². The number of rotatable bonds is 6. The number of ether oxygens (including phenoxy) is 1. The molecule has 0 unspecified atom stereocenters. The Morgan fingerprint density at radius 1 is 1.03 bits per heavy atom. The van der Waals surface area contributed by atoms with Gasteiger partial charge in [0.15, 0.2) is 0 Å². The number of benzene rings is 2. The maximum Gasteiger partial charge on any atom is 0.338 e. The van der Waals surface area contributed by atoms with E-state index in [1.54, 1.807) is 44.2 Å². The Hall–Kier alpha value is -2.71. The molecule has 30 heavy (non-hydrogen) atoms. The standard InChI is InChI=1S/C22H26N2O5S/c1-3-29-22(26)18-10-11-20(16(2)14-18)23-21(25)17-8-7-9-19(15-17)30(27,28)24-12-5-4-6-13-24/h7-11,14-15H,3-6,12-13H2,1-2H3,(H,23,25). The smallest absolute Gasteiger partial charge is 0.338 e. The number of sulfonamides is 1. The van der Waals surface area contributed by atoms with Crippen molar-refractivity contribution < 1.29 is 22.7 Å². The first-order valence-corrected chi connectivity index (χ1v) is 11.5. The van der Waals surface area contributed by atoms with Crippen molar-refractivity contribution in [2.75, 3.05) is 25.0 Å². The average molecular weight is 431 g/mol. The molecule has 1 aliphatic heterocycles. The molecule has 0 radical (unpaired) electrons. The number of hydrogen-bond donors (Lipinski definition) is 1. The van der Waals surface area contributed by atoms with Gasteiger partial charge < -0.3 is 10.1 Å². The highest BCUT2D eigenvalue weighted by Gasteiger charge is 2.26. The van der Waals surface area contributed by atoms with Crippen molar-refractivity contribution in [1.82, 2.24) is 4.31 Å². The summed E-state index contributed by atoms with van der Waals surface area (Å²) in [6.45, 7) is 4.80. The van der Waals surface area contributed by atoms with Crippen molar-refractivity contribution >= 4 is 27.6 Å². The Kier molecular flexibility index (Phi) is 6.89. The van der Waals surface area contributed by atoms with Crippen LogP contribution in [0.3, 0.4) is 0 Å². The van der Waals surface area contributed by atoms with E-state index in [1.165, 1.54) is 16.4 Å². The van der Waals surface area contributed by atoms with E-state index < -0.39 is 21.9 Å². The van der Waals surface area contributed by atoms with Crippen LogP contribution in [-0.4, -0.2) is 44.3 Å². The fraction of sp³-hybridized carbons (Fsp3) is 0.364. The van der Waals surface area contributed by atoms with Crippen LogP contribution in [0.1, 0.15) is 52.5 Å². The molecule has 7 nitrogen and oxygen atoms in total. The normalized spacial score (nSPS) is 14.9. The maximum absolute atomic E-state index is 12.9. The predicted octanol–water partition coefficient (Wildman–Crippen LogP) is 3.60. The molecule has 1 heterocycles. The van der Waals surface area contributed by atoms with Crippen molar-refractivity contribution in [2.45, 2.75) is 38.0 Å². The lowest BCUT2D eigenvalue weighted by molar-refractivity contribution is 0.0526. The van der Waals surface area contributed by atoms with Gasteiger partial charge in [0.1, 0.15) is 0 Å². The third-order valence-electron chi connectivity index (χ3n) is 5.03. The monoisotopic (exact) mass is 430 g/mol. The highest BCUT2D eigenvalue weighted by Crippen LogP contribution is 2.23. The van der Waals surface area contributed by atoms with E-state index in [2.05, 4.69) is 5.32 Å². The number of hydrogen-bond acceptors (Lipinski definition) is 5. The molecule has 1 aliphatic rings. The summed E-state index contributed by atoms with van der Waals surface area (Å²) in [5, 5.41) is 2.78. The molecule has 0 saturated carbocycles. The summed E-state index contributed by atoms with van der Waals surface area (Å²) in [5.74, 6) is -0.841. The number of esters is 1. The van der Waals surface area contributed by atoms with Crippen LogP contribution in [0.4, 0.5) is 5.69 Å². The molecule has 0 aliphatic carbocycles. The molecular formula is C22H26N2O5S. The van der Waals surface area contributed by atoms with Gasteiger partial charge >= 0.3 is 5.97 Å². The predicted molar refractivity (Wildman–Crippen MR) is 114 cm³/mol. The van der Waals surface area contributed by atoms with Gasteiger partial charge in [-0.1, -0.05) is 12.5 Å². The van der Waals surface area contributed by atoms with E-state index in [0.29, 0.717) is 29.9 Å². The second kappa shape index (κ2) is 9.40. The van der Waals surface area contributed by atoms with Gasteiger partial charge in [-0.3, -0.25) is 4.79 Å². The molecular weight excluding hydrogens is 404 g/mol. The van der Waals surface area contributed by atoms with Gasteiger partial charge in [0, 0.05) is 24.3 Å². The third-order valence-corrected chi connectivity index (χ3v) is 6.93. The van der Waals surface area contributed by atoms with Crippen molar-refractivity contribution in [2.24, 2.45) is 0 Å². The summed E-state index contributed by atoms with van der Waals surface area (Å²) >= 11 is 0. The Bertz CT molecular complexity index is 1040. The molecule has 0 spiro atoms. The molecule has 1 N–H and O–H groups in total. The molecule has 1 amide bonds. The molecule has 3 rings (SSSR count). The highest BCUT2D eigenvalue weighted by atomic mass is 32.2. The van der Waals surface area contributed by atoms with E-state index >= 15 is 0 Å². The van der Waals surface area contributed by atoms with Crippen LogP contribution in [0.25, 0.3) is 0 Å². The summed E-state index contributed by atoms with van der Waals surface area (Å²) < 4.78 is 32.2. The van der Waals surface area contributed by atoms with E-state index in [9.17, 15) is 18.0 Å². The highest BCUT2D eigenvalue weighted by molar-refractivity contribution is 7.89. The number of carbonyl (C=O) groups excluding carboxylic acids is 2. The fourth-order valence-corrected chi connectivity index (χ4v) is 4.96. The van der Waals surface area contributed by atoms with Crippen LogP contribution in [0.2, 0.25) is 0 Å². The summed E-state index contributed by atoms with van der Waals surface area (Å²) in [6, 6.07) is 10.9. The lowest BCUT2D eigenvalue weighted by Gasteiger charge is -2.26.